The summed E-state index contributed by atoms with van der Waals surface area (Å²) in [5.74, 6) is -0.364. The van der Waals surface area contributed by atoms with Gasteiger partial charge in [0.05, 0.1) is 11.5 Å². The van der Waals surface area contributed by atoms with Crippen molar-refractivity contribution in [2.24, 2.45) is 0 Å². The molecule has 2 aromatic heterocycles. The number of halogens is 3. The van der Waals surface area contributed by atoms with Crippen LogP contribution in [-0.4, -0.2) is 30.4 Å². The van der Waals surface area contributed by atoms with Crippen molar-refractivity contribution in [2.45, 2.75) is 33.4 Å². The monoisotopic (exact) mass is 438 g/mol. The number of anilines is 1. The Hall–Kier alpha value is -3.34. The fraction of sp³-hybridized carbons (Fsp3) is 0.278. The van der Waals surface area contributed by atoms with Gasteiger partial charge in [-0.05, 0) is 25.5 Å². The summed E-state index contributed by atoms with van der Waals surface area (Å²) in [5.41, 5.74) is -0.285. The van der Waals surface area contributed by atoms with E-state index in [1.165, 1.54) is 6.92 Å². The molecule has 0 radical (unpaired) electrons. The number of amides is 1. The fourth-order valence-corrected chi connectivity index (χ4v) is 3.12. The number of nitrogens with one attached hydrogen (secondary N) is 1. The highest BCUT2D eigenvalue weighted by Crippen LogP contribution is 2.30. The maximum Gasteiger partial charge on any atom is 0.319 e. The zero-order valence-corrected chi connectivity index (χ0v) is 16.7. The molecule has 158 valence electrons. The normalized spacial score (nSPS) is 11.1. The number of rotatable bonds is 7. The van der Waals surface area contributed by atoms with Gasteiger partial charge in [-0.2, -0.15) is 10.2 Å². The van der Waals surface area contributed by atoms with Crippen molar-refractivity contribution in [1.82, 2.24) is 19.6 Å². The van der Waals surface area contributed by atoms with Crippen LogP contribution in [0.25, 0.3) is 0 Å². The molecule has 0 aliphatic heterocycles. The summed E-state index contributed by atoms with van der Waals surface area (Å²) in [5, 5.41) is 22.0. The van der Waals surface area contributed by atoms with Crippen molar-refractivity contribution < 1.29 is 18.5 Å². The van der Waals surface area contributed by atoms with Gasteiger partial charge in [0.2, 0.25) is 11.6 Å². The smallest absolute Gasteiger partial charge is 0.308 e. The lowest BCUT2D eigenvalue weighted by molar-refractivity contribution is -0.386. The Morgan fingerprint density at radius 3 is 2.57 bits per heavy atom. The zero-order valence-electron chi connectivity index (χ0n) is 16.0. The van der Waals surface area contributed by atoms with Crippen LogP contribution in [0, 0.1) is 24.0 Å². The van der Waals surface area contributed by atoms with Crippen molar-refractivity contribution in [3.63, 3.8) is 0 Å². The highest BCUT2D eigenvalue weighted by atomic mass is 35.5. The summed E-state index contributed by atoms with van der Waals surface area (Å²) < 4.78 is 28.6. The molecule has 30 heavy (non-hydrogen) atoms. The molecule has 2 heterocycles. The predicted molar refractivity (Wildman–Crippen MR) is 105 cm³/mol. The average molecular weight is 439 g/mol. The first-order valence-corrected chi connectivity index (χ1v) is 9.12. The quantitative estimate of drug-likeness (QED) is 0.445. The third kappa shape index (κ3) is 4.46. The lowest BCUT2D eigenvalue weighted by atomic mass is 10.2. The van der Waals surface area contributed by atoms with Crippen LogP contribution in [0.2, 0.25) is 5.02 Å². The van der Waals surface area contributed by atoms with Gasteiger partial charge in [-0.25, -0.2) is 8.78 Å². The molecule has 12 heteroatoms. The Bertz CT molecular complexity index is 1110. The average Bonchev–Trinajstić information content (AvgIpc) is 3.17. The van der Waals surface area contributed by atoms with Crippen LogP contribution >= 0.6 is 11.6 Å². The van der Waals surface area contributed by atoms with Crippen molar-refractivity contribution in [3.05, 3.63) is 68.1 Å². The van der Waals surface area contributed by atoms with Crippen LogP contribution in [-0.2, 0) is 17.9 Å². The number of benzene rings is 1. The summed E-state index contributed by atoms with van der Waals surface area (Å²) >= 11 is 6.16. The van der Waals surface area contributed by atoms with Crippen LogP contribution in [0.15, 0.2) is 30.3 Å². The molecule has 0 fully saturated rings. The Labute approximate surface area is 174 Å². The third-order valence-corrected chi connectivity index (χ3v) is 4.78. The maximum atomic E-state index is 13.0. The number of carbonyl (C=O) groups is 1. The molecule has 1 amide bonds. The minimum atomic E-state index is -3.13. The topological polar surface area (TPSA) is 108 Å². The molecule has 0 bridgehead atoms. The molecule has 3 aromatic rings. The van der Waals surface area contributed by atoms with Crippen LogP contribution < -0.4 is 5.32 Å². The van der Waals surface area contributed by atoms with E-state index in [4.69, 9.17) is 11.6 Å². The molecule has 0 unspecified atom stereocenters. The van der Waals surface area contributed by atoms with E-state index in [9.17, 15) is 23.7 Å². The van der Waals surface area contributed by atoms with E-state index in [0.717, 1.165) is 15.9 Å². The number of nitrogens with zero attached hydrogens (tertiary/aromatic N) is 5. The molecule has 1 aromatic carbocycles. The van der Waals surface area contributed by atoms with Gasteiger partial charge in [0.15, 0.2) is 5.82 Å². The van der Waals surface area contributed by atoms with E-state index >= 15 is 0 Å². The predicted octanol–water partition coefficient (Wildman–Crippen LogP) is 3.88. The number of alkyl halides is 2. The molecule has 1 N–H and O–H groups in total. The molecule has 0 spiro atoms. The summed E-state index contributed by atoms with van der Waals surface area (Å²) in [6, 6.07) is 8.92. The van der Waals surface area contributed by atoms with Crippen molar-refractivity contribution in [3.8, 4) is 0 Å². The van der Waals surface area contributed by atoms with Gasteiger partial charge in [0.25, 0.3) is 6.43 Å². The number of aromatic nitrogens is 4. The summed E-state index contributed by atoms with van der Waals surface area (Å²) in [7, 11) is 0. The third-order valence-electron chi connectivity index (χ3n) is 4.41. The molecule has 0 saturated carbocycles. The Morgan fingerprint density at radius 2 is 1.97 bits per heavy atom. The van der Waals surface area contributed by atoms with Crippen LogP contribution in [0.5, 0.6) is 0 Å². The van der Waals surface area contributed by atoms with Gasteiger partial charge in [-0.15, -0.1) is 0 Å². The standard InChI is InChI=1S/C18H17ClF2N6O3/c1-10-7-14(23-25(10)8-12-5-3-4-6-13(12)19)22-15(28)9-26-11(2)17(27(29)30)16(24-26)18(20)21/h3-7,18H,8-9H2,1-2H3,(H,22,23,28). The number of nitro groups is 1. The Morgan fingerprint density at radius 1 is 1.27 bits per heavy atom. The van der Waals surface area contributed by atoms with Gasteiger partial charge < -0.3 is 5.32 Å². The van der Waals surface area contributed by atoms with Gasteiger partial charge in [-0.3, -0.25) is 24.3 Å². The lowest BCUT2D eigenvalue weighted by Crippen LogP contribution is -2.21. The number of hydrogen-bond donors (Lipinski definition) is 1. The molecule has 0 saturated heterocycles. The first-order valence-electron chi connectivity index (χ1n) is 8.75. The highest BCUT2D eigenvalue weighted by Gasteiger charge is 2.31. The highest BCUT2D eigenvalue weighted by molar-refractivity contribution is 6.31. The first-order chi connectivity index (χ1) is 14.2. The zero-order chi connectivity index (χ0) is 22.0. The Balaban J connectivity index is 1.74. The molecule has 0 aliphatic carbocycles. The van der Waals surface area contributed by atoms with Gasteiger partial charge in [0.1, 0.15) is 12.2 Å². The summed E-state index contributed by atoms with van der Waals surface area (Å²) in [6.45, 7) is 2.97. The second-order valence-electron chi connectivity index (χ2n) is 6.50. The van der Waals surface area contributed by atoms with Crippen molar-refractivity contribution in [1.29, 1.82) is 0 Å². The van der Waals surface area contributed by atoms with Gasteiger partial charge >= 0.3 is 5.69 Å². The van der Waals surface area contributed by atoms with Crippen molar-refractivity contribution in [2.75, 3.05) is 5.32 Å². The van der Waals surface area contributed by atoms with Crippen LogP contribution in [0.4, 0.5) is 20.3 Å². The van der Waals surface area contributed by atoms with Crippen molar-refractivity contribution >= 4 is 29.0 Å². The lowest BCUT2D eigenvalue weighted by Gasteiger charge is -2.06. The molecular formula is C18H17ClF2N6O3. The molecular weight excluding hydrogens is 422 g/mol. The first kappa shape index (κ1) is 21.4. The van der Waals surface area contributed by atoms with E-state index in [2.05, 4.69) is 15.5 Å². The number of carbonyl (C=O) groups excluding carboxylic acids is 1. The molecule has 9 nitrogen and oxygen atoms in total. The van der Waals surface area contributed by atoms with E-state index in [0.29, 0.717) is 11.6 Å². The Kier molecular flexibility index (Phi) is 6.11. The largest absolute Gasteiger partial charge is 0.319 e. The van der Waals surface area contributed by atoms with Gasteiger partial charge in [-0.1, -0.05) is 29.8 Å². The molecule has 3 rings (SSSR count). The molecule has 0 aliphatic rings. The maximum absolute atomic E-state index is 13.0. The number of aryl methyl sites for hydroxylation is 1. The van der Waals surface area contributed by atoms with E-state index in [1.54, 1.807) is 23.7 Å². The van der Waals surface area contributed by atoms with Crippen LogP contribution in [0.3, 0.4) is 0 Å². The second-order valence-corrected chi connectivity index (χ2v) is 6.91. The van der Waals surface area contributed by atoms with Gasteiger partial charge in [0, 0.05) is 16.8 Å². The SMILES string of the molecule is Cc1cc(NC(=O)Cn2nc(C(F)F)c([N+](=O)[O-])c2C)nn1Cc1ccccc1Cl. The minimum absolute atomic E-state index is 0.133. The molecule has 0 atom stereocenters. The minimum Gasteiger partial charge on any atom is -0.308 e. The number of hydrogen-bond acceptors (Lipinski definition) is 5. The summed E-state index contributed by atoms with van der Waals surface area (Å²) in [4.78, 5) is 22.4. The fourth-order valence-electron chi connectivity index (χ4n) is 2.92. The second kappa shape index (κ2) is 8.57. The van der Waals surface area contributed by atoms with E-state index in [-0.39, 0.29) is 11.5 Å². The van der Waals surface area contributed by atoms with E-state index < -0.39 is 35.2 Å². The summed E-state index contributed by atoms with van der Waals surface area (Å²) in [6.07, 6.45) is -3.13. The van der Waals surface area contributed by atoms with Crippen LogP contribution in [0.1, 0.15) is 29.1 Å². The van der Waals surface area contributed by atoms with E-state index in [1.807, 2.05) is 18.2 Å².